The summed E-state index contributed by atoms with van der Waals surface area (Å²) < 4.78 is 0.644. The third kappa shape index (κ3) is 3.86. The van der Waals surface area contributed by atoms with Gasteiger partial charge in [0.1, 0.15) is 6.07 Å². The number of rotatable bonds is 3. The SMILES string of the molecule is CCC=C(C#N)C(=S)Sc1ccccc1. The second-order valence-electron chi connectivity index (χ2n) is 2.84. The fourth-order valence-corrected chi connectivity index (χ4v) is 2.19. The highest BCUT2D eigenvalue weighted by molar-refractivity contribution is 8.23. The number of nitriles is 1. The number of hydrogen-bond donors (Lipinski definition) is 0. The van der Waals surface area contributed by atoms with Gasteiger partial charge >= 0.3 is 0 Å². The summed E-state index contributed by atoms with van der Waals surface area (Å²) in [5, 5.41) is 8.89. The van der Waals surface area contributed by atoms with Crippen LogP contribution in [-0.4, -0.2) is 4.20 Å². The van der Waals surface area contributed by atoms with Crippen LogP contribution in [-0.2, 0) is 0 Å². The topological polar surface area (TPSA) is 23.8 Å². The molecule has 0 saturated heterocycles. The lowest BCUT2D eigenvalue weighted by Gasteiger charge is -2.01. The summed E-state index contributed by atoms with van der Waals surface area (Å²) in [4.78, 5) is 1.07. The summed E-state index contributed by atoms with van der Waals surface area (Å²) in [6.45, 7) is 1.99. The molecule has 1 aromatic rings. The van der Waals surface area contributed by atoms with E-state index in [9.17, 15) is 0 Å². The Morgan fingerprint density at radius 2 is 2.13 bits per heavy atom. The second-order valence-corrected chi connectivity index (χ2v) is 4.59. The molecular formula is C12H11NS2. The van der Waals surface area contributed by atoms with E-state index in [1.165, 1.54) is 11.8 Å². The molecule has 0 saturated carbocycles. The zero-order chi connectivity index (χ0) is 11.1. The molecule has 0 heterocycles. The standard InChI is InChI=1S/C12H11NS2/c1-2-6-10(9-13)12(14)15-11-7-4-3-5-8-11/h3-8H,2H2,1H3. The van der Waals surface area contributed by atoms with Gasteiger partial charge in [-0.05, 0) is 18.6 Å². The maximum atomic E-state index is 8.89. The maximum absolute atomic E-state index is 8.89. The zero-order valence-electron chi connectivity index (χ0n) is 8.43. The molecule has 0 aliphatic heterocycles. The van der Waals surface area contributed by atoms with Crippen LogP contribution in [0.1, 0.15) is 13.3 Å². The molecule has 0 radical (unpaired) electrons. The van der Waals surface area contributed by atoms with Crippen molar-refractivity contribution in [3.63, 3.8) is 0 Å². The highest BCUT2D eigenvalue weighted by atomic mass is 32.2. The largest absolute Gasteiger partial charge is 0.192 e. The van der Waals surface area contributed by atoms with Crippen molar-refractivity contribution in [2.75, 3.05) is 0 Å². The summed E-state index contributed by atoms with van der Waals surface area (Å²) in [6.07, 6.45) is 2.69. The molecule has 0 fully saturated rings. The fraction of sp³-hybridized carbons (Fsp3) is 0.167. The van der Waals surface area contributed by atoms with Gasteiger partial charge in [-0.25, -0.2) is 0 Å². The summed E-state index contributed by atoms with van der Waals surface area (Å²) >= 11 is 6.65. The normalized spacial score (nSPS) is 10.8. The van der Waals surface area contributed by atoms with E-state index in [1.54, 1.807) is 0 Å². The molecule has 0 aliphatic carbocycles. The van der Waals surface area contributed by atoms with Crippen LogP contribution in [0.3, 0.4) is 0 Å². The minimum atomic E-state index is 0.598. The van der Waals surface area contributed by atoms with Crippen LogP contribution in [0.2, 0.25) is 0 Å². The summed E-state index contributed by atoms with van der Waals surface area (Å²) in [7, 11) is 0. The molecule has 0 unspecified atom stereocenters. The van der Waals surface area contributed by atoms with E-state index in [1.807, 2.05) is 43.3 Å². The first-order valence-corrected chi connectivity index (χ1v) is 5.88. The quantitative estimate of drug-likeness (QED) is 0.342. The van der Waals surface area contributed by atoms with Crippen molar-refractivity contribution in [1.82, 2.24) is 0 Å². The van der Waals surface area contributed by atoms with E-state index >= 15 is 0 Å². The van der Waals surface area contributed by atoms with E-state index in [4.69, 9.17) is 17.5 Å². The third-order valence-electron chi connectivity index (χ3n) is 1.70. The van der Waals surface area contributed by atoms with Crippen LogP contribution in [0, 0.1) is 11.3 Å². The minimum absolute atomic E-state index is 0.598. The molecule has 0 aliphatic rings. The van der Waals surface area contributed by atoms with Crippen molar-refractivity contribution in [3.05, 3.63) is 42.0 Å². The molecular weight excluding hydrogens is 222 g/mol. The molecule has 15 heavy (non-hydrogen) atoms. The predicted octanol–water partition coefficient (Wildman–Crippen LogP) is 3.97. The van der Waals surface area contributed by atoms with Crippen LogP contribution in [0.4, 0.5) is 0 Å². The molecule has 0 N–H and O–H groups in total. The van der Waals surface area contributed by atoms with Crippen molar-refractivity contribution in [1.29, 1.82) is 5.26 Å². The molecule has 0 spiro atoms. The molecule has 0 bridgehead atoms. The monoisotopic (exact) mass is 233 g/mol. The summed E-state index contributed by atoms with van der Waals surface area (Å²) in [6, 6.07) is 12.0. The first-order chi connectivity index (χ1) is 7.27. The zero-order valence-corrected chi connectivity index (χ0v) is 10.1. The molecule has 0 atom stereocenters. The number of benzene rings is 1. The van der Waals surface area contributed by atoms with Gasteiger partial charge in [-0.1, -0.05) is 55.2 Å². The molecule has 1 aromatic carbocycles. The predicted molar refractivity (Wildman–Crippen MR) is 68.9 cm³/mol. The maximum Gasteiger partial charge on any atom is 0.101 e. The third-order valence-corrected chi connectivity index (χ3v) is 3.09. The van der Waals surface area contributed by atoms with Crippen LogP contribution < -0.4 is 0 Å². The van der Waals surface area contributed by atoms with Gasteiger partial charge in [0.25, 0.3) is 0 Å². The van der Waals surface area contributed by atoms with E-state index < -0.39 is 0 Å². The number of nitrogens with zero attached hydrogens (tertiary/aromatic N) is 1. The number of thiocarbonyl (C=S) groups is 1. The molecule has 0 aromatic heterocycles. The Hall–Kier alpha value is -1.11. The first kappa shape index (κ1) is 12.0. The molecule has 1 rings (SSSR count). The first-order valence-electron chi connectivity index (χ1n) is 4.65. The van der Waals surface area contributed by atoms with Gasteiger partial charge in [-0.15, -0.1) is 0 Å². The van der Waals surface area contributed by atoms with Gasteiger partial charge in [-0.2, -0.15) is 5.26 Å². The average molecular weight is 233 g/mol. The van der Waals surface area contributed by atoms with E-state index in [0.29, 0.717) is 9.77 Å². The Morgan fingerprint density at radius 3 is 2.67 bits per heavy atom. The van der Waals surface area contributed by atoms with Gasteiger partial charge in [0.15, 0.2) is 0 Å². The lowest BCUT2D eigenvalue weighted by Crippen LogP contribution is -1.91. The number of hydrogen-bond acceptors (Lipinski definition) is 3. The van der Waals surface area contributed by atoms with Crippen molar-refractivity contribution in [2.45, 2.75) is 18.2 Å². The number of allylic oxidation sites excluding steroid dienone is 1. The molecule has 76 valence electrons. The lowest BCUT2D eigenvalue weighted by molar-refractivity contribution is 1.22. The van der Waals surface area contributed by atoms with Gasteiger partial charge in [-0.3, -0.25) is 0 Å². The smallest absolute Gasteiger partial charge is 0.101 e. The highest BCUT2D eigenvalue weighted by Crippen LogP contribution is 2.23. The van der Waals surface area contributed by atoms with Gasteiger partial charge in [0, 0.05) is 4.90 Å². The van der Waals surface area contributed by atoms with Crippen LogP contribution in [0.15, 0.2) is 46.9 Å². The molecule has 3 heteroatoms. The highest BCUT2D eigenvalue weighted by Gasteiger charge is 2.05. The Balaban J connectivity index is 2.72. The van der Waals surface area contributed by atoms with E-state index in [2.05, 4.69) is 6.07 Å². The Labute approximate surface area is 99.8 Å². The fourth-order valence-electron chi connectivity index (χ4n) is 1.03. The van der Waals surface area contributed by atoms with Crippen molar-refractivity contribution in [2.24, 2.45) is 0 Å². The summed E-state index contributed by atoms with van der Waals surface area (Å²) in [5.41, 5.74) is 0.598. The average Bonchev–Trinajstić information content (AvgIpc) is 2.27. The summed E-state index contributed by atoms with van der Waals surface area (Å²) in [5.74, 6) is 0. The Kier molecular flexibility index (Phi) is 5.09. The van der Waals surface area contributed by atoms with E-state index in [-0.39, 0.29) is 0 Å². The van der Waals surface area contributed by atoms with E-state index in [0.717, 1.165) is 11.3 Å². The molecule has 0 amide bonds. The van der Waals surface area contributed by atoms with Gasteiger partial charge < -0.3 is 0 Å². The van der Waals surface area contributed by atoms with Crippen LogP contribution in [0.5, 0.6) is 0 Å². The van der Waals surface area contributed by atoms with Crippen molar-refractivity contribution >= 4 is 28.2 Å². The van der Waals surface area contributed by atoms with Gasteiger partial charge in [0.05, 0.1) is 9.77 Å². The Bertz CT molecular complexity index is 401. The van der Waals surface area contributed by atoms with Crippen molar-refractivity contribution in [3.8, 4) is 6.07 Å². The minimum Gasteiger partial charge on any atom is -0.192 e. The molecule has 1 nitrogen and oxygen atoms in total. The van der Waals surface area contributed by atoms with Crippen LogP contribution in [0.25, 0.3) is 0 Å². The van der Waals surface area contributed by atoms with Gasteiger partial charge in [0.2, 0.25) is 0 Å². The number of thioether (sulfide) groups is 1. The van der Waals surface area contributed by atoms with Crippen molar-refractivity contribution < 1.29 is 0 Å². The lowest BCUT2D eigenvalue weighted by atomic mass is 10.3. The Morgan fingerprint density at radius 1 is 1.47 bits per heavy atom. The second kappa shape index (κ2) is 6.39. The van der Waals surface area contributed by atoms with Crippen LogP contribution >= 0.6 is 24.0 Å².